The van der Waals surface area contributed by atoms with E-state index in [1.165, 1.54) is 50.8 Å². The van der Waals surface area contributed by atoms with E-state index in [4.69, 9.17) is 4.74 Å². The zero-order valence-electron chi connectivity index (χ0n) is 13.0. The summed E-state index contributed by atoms with van der Waals surface area (Å²) in [5.74, 6) is 0. The van der Waals surface area contributed by atoms with Crippen LogP contribution in [-0.4, -0.2) is 43.3 Å². The van der Waals surface area contributed by atoms with Crippen molar-refractivity contribution in [2.45, 2.75) is 50.8 Å². The molecule has 1 N–H and O–H groups in total. The van der Waals surface area contributed by atoms with E-state index in [9.17, 15) is 0 Å². The summed E-state index contributed by atoms with van der Waals surface area (Å²) in [7, 11) is 0. The van der Waals surface area contributed by atoms with Crippen LogP contribution in [0.1, 0.15) is 37.7 Å². The normalized spacial score (nSPS) is 27.0. The maximum absolute atomic E-state index is 5.79. The average Bonchev–Trinajstić information content (AvgIpc) is 2.97. The summed E-state index contributed by atoms with van der Waals surface area (Å²) in [5.41, 5.74) is 1.42. The van der Waals surface area contributed by atoms with Crippen LogP contribution in [0, 0.1) is 0 Å². The number of nitrogens with one attached hydrogen (secondary N) is 1. The molecule has 0 bridgehead atoms. The van der Waals surface area contributed by atoms with Gasteiger partial charge in [0.15, 0.2) is 0 Å². The fourth-order valence-electron chi connectivity index (χ4n) is 3.47. The lowest BCUT2D eigenvalue weighted by atomic mass is 10.1. The Kier molecular flexibility index (Phi) is 5.67. The first kappa shape index (κ1) is 15.0. The molecule has 2 heterocycles. The number of hydrogen-bond donors (Lipinski definition) is 1. The molecule has 3 nitrogen and oxygen atoms in total. The molecule has 1 aromatic carbocycles. The van der Waals surface area contributed by atoms with Crippen LogP contribution in [-0.2, 0) is 11.3 Å². The van der Waals surface area contributed by atoms with Crippen LogP contribution in [0.3, 0.4) is 0 Å². The molecule has 2 unspecified atom stereocenters. The van der Waals surface area contributed by atoms with Crippen molar-refractivity contribution >= 4 is 0 Å². The molecule has 0 saturated carbocycles. The molecular formula is C18H28N2O. The second-order valence-corrected chi connectivity index (χ2v) is 6.44. The highest BCUT2D eigenvalue weighted by atomic mass is 16.5. The van der Waals surface area contributed by atoms with E-state index < -0.39 is 0 Å². The Morgan fingerprint density at radius 3 is 2.86 bits per heavy atom. The van der Waals surface area contributed by atoms with E-state index in [0.717, 1.165) is 19.7 Å². The lowest BCUT2D eigenvalue weighted by Crippen LogP contribution is -2.35. The van der Waals surface area contributed by atoms with E-state index in [-0.39, 0.29) is 0 Å². The van der Waals surface area contributed by atoms with Crippen molar-refractivity contribution in [1.82, 2.24) is 10.2 Å². The lowest BCUT2D eigenvalue weighted by molar-refractivity contribution is 0.0112. The van der Waals surface area contributed by atoms with Crippen molar-refractivity contribution in [3.8, 4) is 0 Å². The van der Waals surface area contributed by atoms with Gasteiger partial charge in [-0.1, -0.05) is 30.3 Å². The molecule has 3 heteroatoms. The molecule has 2 aliphatic rings. The van der Waals surface area contributed by atoms with E-state index in [2.05, 4.69) is 40.5 Å². The van der Waals surface area contributed by atoms with Gasteiger partial charge >= 0.3 is 0 Å². The first-order valence-electron chi connectivity index (χ1n) is 8.51. The van der Waals surface area contributed by atoms with Gasteiger partial charge in [0.25, 0.3) is 0 Å². The summed E-state index contributed by atoms with van der Waals surface area (Å²) in [4.78, 5) is 2.56. The average molecular weight is 288 g/mol. The third kappa shape index (κ3) is 4.80. The molecule has 0 aliphatic carbocycles. The molecule has 1 aromatic rings. The van der Waals surface area contributed by atoms with E-state index in [1.807, 2.05) is 0 Å². The number of nitrogens with zero attached hydrogens (tertiary/aromatic N) is 1. The zero-order chi connectivity index (χ0) is 14.3. The minimum Gasteiger partial charge on any atom is -0.378 e. The van der Waals surface area contributed by atoms with E-state index >= 15 is 0 Å². The summed E-state index contributed by atoms with van der Waals surface area (Å²) in [6.07, 6.45) is 6.81. The van der Waals surface area contributed by atoms with Crippen LogP contribution in [0.4, 0.5) is 0 Å². The smallest absolute Gasteiger partial charge is 0.0587 e. The van der Waals surface area contributed by atoms with Crippen molar-refractivity contribution in [2.75, 3.05) is 26.2 Å². The maximum atomic E-state index is 5.79. The van der Waals surface area contributed by atoms with Crippen molar-refractivity contribution in [2.24, 2.45) is 0 Å². The molecule has 116 valence electrons. The maximum Gasteiger partial charge on any atom is 0.0587 e. The Hall–Kier alpha value is -0.900. The van der Waals surface area contributed by atoms with Crippen LogP contribution in [0.25, 0.3) is 0 Å². The Morgan fingerprint density at radius 1 is 1.14 bits per heavy atom. The highest BCUT2D eigenvalue weighted by molar-refractivity contribution is 5.14. The molecule has 0 aromatic heterocycles. The number of likely N-dealkylation sites (tertiary alicyclic amines) is 1. The highest BCUT2D eigenvalue weighted by Gasteiger charge is 2.22. The minimum atomic E-state index is 0.507. The summed E-state index contributed by atoms with van der Waals surface area (Å²) in [6, 6.07) is 11.5. The Balaban J connectivity index is 1.33. The largest absolute Gasteiger partial charge is 0.378 e. The molecule has 0 radical (unpaired) electrons. The monoisotopic (exact) mass is 288 g/mol. The van der Waals surface area contributed by atoms with Gasteiger partial charge in [0, 0.05) is 32.3 Å². The second-order valence-electron chi connectivity index (χ2n) is 6.44. The fourth-order valence-corrected chi connectivity index (χ4v) is 3.47. The molecule has 0 amide bonds. The van der Waals surface area contributed by atoms with Gasteiger partial charge in [0.05, 0.1) is 6.10 Å². The highest BCUT2D eigenvalue weighted by Crippen LogP contribution is 2.16. The van der Waals surface area contributed by atoms with Crippen molar-refractivity contribution in [1.29, 1.82) is 0 Å². The topological polar surface area (TPSA) is 24.5 Å². The molecule has 2 fully saturated rings. The van der Waals surface area contributed by atoms with Crippen LogP contribution in [0.5, 0.6) is 0 Å². The molecule has 3 rings (SSSR count). The molecule has 21 heavy (non-hydrogen) atoms. The Bertz CT molecular complexity index is 403. The van der Waals surface area contributed by atoms with Gasteiger partial charge in [-0.05, 0) is 44.2 Å². The lowest BCUT2D eigenvalue weighted by Gasteiger charge is -2.23. The number of ether oxygens (including phenoxy) is 1. The third-order valence-electron chi connectivity index (χ3n) is 4.69. The number of rotatable bonds is 6. The van der Waals surface area contributed by atoms with Gasteiger partial charge in [-0.15, -0.1) is 0 Å². The predicted molar refractivity (Wildman–Crippen MR) is 86.3 cm³/mol. The first-order chi connectivity index (χ1) is 10.4. The second kappa shape index (κ2) is 7.92. The summed E-state index contributed by atoms with van der Waals surface area (Å²) >= 11 is 0. The van der Waals surface area contributed by atoms with Crippen molar-refractivity contribution in [3.05, 3.63) is 35.9 Å². The Morgan fingerprint density at radius 2 is 2.05 bits per heavy atom. The van der Waals surface area contributed by atoms with Crippen LogP contribution < -0.4 is 5.32 Å². The minimum absolute atomic E-state index is 0.507. The van der Waals surface area contributed by atoms with Gasteiger partial charge in [-0.2, -0.15) is 0 Å². The summed E-state index contributed by atoms with van der Waals surface area (Å²) < 4.78 is 5.79. The molecule has 2 atom stereocenters. The predicted octanol–water partition coefficient (Wildman–Crippen LogP) is 2.81. The van der Waals surface area contributed by atoms with Crippen LogP contribution >= 0.6 is 0 Å². The van der Waals surface area contributed by atoms with Crippen molar-refractivity contribution in [3.63, 3.8) is 0 Å². The number of benzene rings is 1. The molecular weight excluding hydrogens is 260 g/mol. The van der Waals surface area contributed by atoms with E-state index in [0.29, 0.717) is 12.1 Å². The Labute approximate surface area is 128 Å². The van der Waals surface area contributed by atoms with Crippen LogP contribution in [0.2, 0.25) is 0 Å². The van der Waals surface area contributed by atoms with Gasteiger partial charge in [-0.25, -0.2) is 0 Å². The first-order valence-corrected chi connectivity index (χ1v) is 8.51. The summed E-state index contributed by atoms with van der Waals surface area (Å²) in [5, 5.41) is 3.72. The van der Waals surface area contributed by atoms with Crippen LogP contribution in [0.15, 0.2) is 30.3 Å². The third-order valence-corrected chi connectivity index (χ3v) is 4.69. The van der Waals surface area contributed by atoms with Crippen molar-refractivity contribution < 1.29 is 4.74 Å². The SMILES string of the molecule is c1ccc(CN2CCC(NCCC3CCCCO3)C2)cc1. The van der Waals surface area contributed by atoms with Gasteiger partial charge in [-0.3, -0.25) is 4.90 Å². The number of hydrogen-bond acceptors (Lipinski definition) is 3. The van der Waals surface area contributed by atoms with Gasteiger partial charge < -0.3 is 10.1 Å². The van der Waals surface area contributed by atoms with Gasteiger partial charge in [0.1, 0.15) is 0 Å². The quantitative estimate of drug-likeness (QED) is 0.871. The molecule has 0 spiro atoms. The fraction of sp³-hybridized carbons (Fsp3) is 0.667. The molecule has 2 aliphatic heterocycles. The van der Waals surface area contributed by atoms with Gasteiger partial charge in [0.2, 0.25) is 0 Å². The standard InChI is InChI=1S/C18H28N2O/c1-2-6-16(7-3-1)14-20-12-10-17(15-20)19-11-9-18-8-4-5-13-21-18/h1-3,6-7,17-19H,4-5,8-15H2. The van der Waals surface area contributed by atoms with E-state index in [1.54, 1.807) is 0 Å². The summed E-state index contributed by atoms with van der Waals surface area (Å²) in [6.45, 7) is 5.56. The molecule has 2 saturated heterocycles. The zero-order valence-corrected chi connectivity index (χ0v) is 13.0.